The maximum absolute atomic E-state index is 12.8. The van der Waals surface area contributed by atoms with Crippen LogP contribution in [-0.4, -0.2) is 58.3 Å². The molecule has 0 aromatic heterocycles. The molecule has 3 fully saturated rings. The number of aliphatic hydroxyl groups is 1. The molecule has 2 N–H and O–H groups in total. The van der Waals surface area contributed by atoms with Crippen LogP contribution in [0, 0.1) is 5.92 Å². The molecule has 2 bridgehead atoms. The van der Waals surface area contributed by atoms with Gasteiger partial charge in [0.25, 0.3) is 0 Å². The second-order valence-corrected chi connectivity index (χ2v) is 8.13. The highest BCUT2D eigenvalue weighted by molar-refractivity contribution is 5.76. The lowest BCUT2D eigenvalue weighted by atomic mass is 10.0. The predicted molar refractivity (Wildman–Crippen MR) is 97.1 cm³/mol. The van der Waals surface area contributed by atoms with Gasteiger partial charge < -0.3 is 15.3 Å². The smallest absolute Gasteiger partial charge is 0.318 e. The molecular formula is C20H29N3O2. The predicted octanol–water partition coefficient (Wildman–Crippen LogP) is 2.20. The molecule has 25 heavy (non-hydrogen) atoms. The van der Waals surface area contributed by atoms with Crippen molar-refractivity contribution in [2.75, 3.05) is 13.1 Å². The number of carbonyl (C=O) groups is 1. The number of benzene rings is 1. The highest BCUT2D eigenvalue weighted by atomic mass is 16.3. The lowest BCUT2D eigenvalue weighted by molar-refractivity contribution is 0.0532. The van der Waals surface area contributed by atoms with Gasteiger partial charge in [0.2, 0.25) is 0 Å². The van der Waals surface area contributed by atoms with Crippen molar-refractivity contribution in [1.29, 1.82) is 0 Å². The fourth-order valence-electron chi connectivity index (χ4n) is 4.94. The Bertz CT molecular complexity index is 594. The molecule has 3 saturated heterocycles. The van der Waals surface area contributed by atoms with Crippen molar-refractivity contribution in [3.8, 4) is 0 Å². The molecule has 0 saturated carbocycles. The number of piperidine rings is 1. The Morgan fingerprint density at radius 3 is 2.52 bits per heavy atom. The van der Waals surface area contributed by atoms with Crippen molar-refractivity contribution in [3.63, 3.8) is 0 Å². The van der Waals surface area contributed by atoms with Crippen LogP contribution in [0.1, 0.15) is 38.2 Å². The lowest BCUT2D eigenvalue weighted by Gasteiger charge is -2.38. The van der Waals surface area contributed by atoms with Gasteiger partial charge >= 0.3 is 6.03 Å². The summed E-state index contributed by atoms with van der Waals surface area (Å²) >= 11 is 0. The molecule has 2 amide bonds. The van der Waals surface area contributed by atoms with Gasteiger partial charge in [-0.2, -0.15) is 0 Å². The van der Waals surface area contributed by atoms with Crippen molar-refractivity contribution >= 4 is 6.03 Å². The summed E-state index contributed by atoms with van der Waals surface area (Å²) in [6.45, 7) is 5.10. The van der Waals surface area contributed by atoms with Crippen molar-refractivity contribution in [2.24, 2.45) is 5.92 Å². The zero-order valence-corrected chi connectivity index (χ0v) is 15.0. The quantitative estimate of drug-likeness (QED) is 0.885. The number of likely N-dealkylation sites (tertiary alicyclic amines) is 1. The van der Waals surface area contributed by atoms with Crippen molar-refractivity contribution in [3.05, 3.63) is 35.9 Å². The average molecular weight is 343 g/mol. The van der Waals surface area contributed by atoms with E-state index in [9.17, 15) is 9.90 Å². The Morgan fingerprint density at radius 2 is 1.84 bits per heavy atom. The first-order chi connectivity index (χ1) is 12.1. The normalized spacial score (nSPS) is 35.1. The number of aliphatic hydroxyl groups excluding tert-OH is 1. The summed E-state index contributed by atoms with van der Waals surface area (Å²) in [6, 6.07) is 11.3. The van der Waals surface area contributed by atoms with Gasteiger partial charge in [0.1, 0.15) is 0 Å². The van der Waals surface area contributed by atoms with Gasteiger partial charge in [-0.05, 0) is 37.2 Å². The number of fused-ring (bicyclic) bond motifs is 2. The van der Waals surface area contributed by atoms with E-state index in [1.807, 2.05) is 11.0 Å². The summed E-state index contributed by atoms with van der Waals surface area (Å²) in [7, 11) is 0. The lowest BCUT2D eigenvalue weighted by Crippen LogP contribution is -2.55. The van der Waals surface area contributed by atoms with Gasteiger partial charge in [0.15, 0.2) is 0 Å². The number of carbonyl (C=O) groups excluding carboxylic acids is 1. The van der Waals surface area contributed by atoms with E-state index >= 15 is 0 Å². The van der Waals surface area contributed by atoms with E-state index in [0.717, 1.165) is 45.3 Å². The largest absolute Gasteiger partial charge is 0.393 e. The minimum absolute atomic E-state index is 0.0813. The highest BCUT2D eigenvalue weighted by Gasteiger charge is 2.43. The number of amides is 2. The first-order valence-corrected chi connectivity index (χ1v) is 9.63. The van der Waals surface area contributed by atoms with Gasteiger partial charge in [-0.3, -0.25) is 4.90 Å². The minimum Gasteiger partial charge on any atom is -0.393 e. The molecule has 5 heteroatoms. The summed E-state index contributed by atoms with van der Waals surface area (Å²) in [5, 5.41) is 13.2. The first-order valence-electron chi connectivity index (χ1n) is 9.63. The van der Waals surface area contributed by atoms with E-state index in [1.54, 1.807) is 0 Å². The number of nitrogens with one attached hydrogen (secondary N) is 1. The van der Waals surface area contributed by atoms with Crippen molar-refractivity contribution in [2.45, 2.75) is 63.4 Å². The van der Waals surface area contributed by atoms with E-state index in [-0.39, 0.29) is 30.3 Å². The van der Waals surface area contributed by atoms with Crippen LogP contribution in [0.15, 0.2) is 30.3 Å². The molecule has 3 aliphatic rings. The van der Waals surface area contributed by atoms with E-state index in [2.05, 4.69) is 41.4 Å². The van der Waals surface area contributed by atoms with Crippen LogP contribution in [0.25, 0.3) is 0 Å². The molecule has 4 atom stereocenters. The Balaban J connectivity index is 1.34. The fraction of sp³-hybridized carbons (Fsp3) is 0.650. The third kappa shape index (κ3) is 3.53. The third-order valence-corrected chi connectivity index (χ3v) is 6.19. The van der Waals surface area contributed by atoms with Gasteiger partial charge in [-0.15, -0.1) is 0 Å². The van der Waals surface area contributed by atoms with Crippen LogP contribution >= 0.6 is 0 Å². The zero-order chi connectivity index (χ0) is 17.4. The zero-order valence-electron chi connectivity index (χ0n) is 15.0. The molecule has 4 rings (SSSR count). The molecule has 1 aromatic rings. The first kappa shape index (κ1) is 16.9. The monoisotopic (exact) mass is 343 g/mol. The fourth-order valence-corrected chi connectivity index (χ4v) is 4.94. The number of hydrogen-bond acceptors (Lipinski definition) is 3. The SMILES string of the molecule is CC1CN(Cc2ccccc2)CC1NC(=O)N1C2CCC1CC(O)C2. The van der Waals surface area contributed by atoms with E-state index in [1.165, 1.54) is 5.56 Å². The number of nitrogens with zero attached hydrogens (tertiary/aromatic N) is 2. The highest BCUT2D eigenvalue weighted by Crippen LogP contribution is 2.35. The van der Waals surface area contributed by atoms with Gasteiger partial charge in [-0.25, -0.2) is 4.79 Å². The average Bonchev–Trinajstić information content (AvgIpc) is 3.06. The maximum Gasteiger partial charge on any atom is 0.318 e. The summed E-state index contributed by atoms with van der Waals surface area (Å²) in [6.07, 6.45) is 3.33. The second-order valence-electron chi connectivity index (χ2n) is 8.13. The van der Waals surface area contributed by atoms with Crippen LogP contribution in [0.5, 0.6) is 0 Å². The van der Waals surface area contributed by atoms with Crippen LogP contribution < -0.4 is 5.32 Å². The number of rotatable bonds is 3. The molecule has 136 valence electrons. The third-order valence-electron chi connectivity index (χ3n) is 6.19. The van der Waals surface area contributed by atoms with Crippen LogP contribution in [0.2, 0.25) is 0 Å². The number of hydrogen-bond donors (Lipinski definition) is 2. The molecule has 4 unspecified atom stereocenters. The second kappa shape index (κ2) is 6.96. The van der Waals surface area contributed by atoms with Gasteiger partial charge in [-0.1, -0.05) is 37.3 Å². The minimum atomic E-state index is -0.228. The van der Waals surface area contributed by atoms with Crippen molar-refractivity contribution < 1.29 is 9.90 Å². The van der Waals surface area contributed by atoms with Crippen LogP contribution in [-0.2, 0) is 6.54 Å². The Kier molecular flexibility index (Phi) is 4.69. The molecular weight excluding hydrogens is 314 g/mol. The standard InChI is InChI=1S/C20H29N3O2/c1-14-11-22(12-15-5-3-2-4-6-15)13-19(14)21-20(25)23-16-7-8-17(23)10-18(24)9-16/h2-6,14,16-19,24H,7-13H2,1H3,(H,21,25). The number of urea groups is 1. The summed E-state index contributed by atoms with van der Waals surface area (Å²) in [5.41, 5.74) is 1.32. The molecule has 0 radical (unpaired) electrons. The van der Waals surface area contributed by atoms with E-state index < -0.39 is 0 Å². The topological polar surface area (TPSA) is 55.8 Å². The molecule has 1 aromatic carbocycles. The molecule has 5 nitrogen and oxygen atoms in total. The van der Waals surface area contributed by atoms with Crippen LogP contribution in [0.3, 0.4) is 0 Å². The van der Waals surface area contributed by atoms with Crippen LogP contribution in [0.4, 0.5) is 4.79 Å². The van der Waals surface area contributed by atoms with E-state index in [4.69, 9.17) is 0 Å². The van der Waals surface area contributed by atoms with Gasteiger partial charge in [0.05, 0.1) is 6.10 Å². The van der Waals surface area contributed by atoms with Crippen molar-refractivity contribution in [1.82, 2.24) is 15.1 Å². The molecule has 3 heterocycles. The summed E-state index contributed by atoms with van der Waals surface area (Å²) < 4.78 is 0. The molecule has 0 aliphatic carbocycles. The molecule has 0 spiro atoms. The molecule has 3 aliphatic heterocycles. The summed E-state index contributed by atoms with van der Waals surface area (Å²) in [5.74, 6) is 0.459. The Labute approximate surface area is 150 Å². The van der Waals surface area contributed by atoms with Gasteiger partial charge in [0, 0.05) is 37.8 Å². The maximum atomic E-state index is 12.8. The Hall–Kier alpha value is -1.59. The van der Waals surface area contributed by atoms with E-state index in [0.29, 0.717) is 5.92 Å². The summed E-state index contributed by atoms with van der Waals surface area (Å²) in [4.78, 5) is 17.3. The Morgan fingerprint density at radius 1 is 1.16 bits per heavy atom.